The quantitative estimate of drug-likeness (QED) is 0.740. The van der Waals surface area contributed by atoms with Gasteiger partial charge in [0.25, 0.3) is 0 Å². The molecule has 0 amide bonds. The maximum Gasteiger partial charge on any atom is 0.317 e. The van der Waals surface area contributed by atoms with Crippen LogP contribution >= 0.6 is 11.8 Å². The van der Waals surface area contributed by atoms with Crippen LogP contribution in [0.25, 0.3) is 0 Å². The van der Waals surface area contributed by atoms with Gasteiger partial charge < -0.3 is 10.4 Å². The van der Waals surface area contributed by atoms with Gasteiger partial charge in [-0.3, -0.25) is 9.69 Å². The molecule has 2 saturated carbocycles. The number of nitrogens with one attached hydrogen (secondary N) is 1. The standard InChI is InChI=1S/C14H24N2O2S/c17-14(18)8-16(7-10-1-2-10)13-5-12(6-13)15-11-3-4-19-9-11/h10-13,15H,1-9H2,(H,17,18). The summed E-state index contributed by atoms with van der Waals surface area (Å²) in [6.07, 6.45) is 6.17. The molecule has 1 heterocycles. The molecular formula is C14H24N2O2S. The maximum atomic E-state index is 11.0. The monoisotopic (exact) mass is 284 g/mol. The molecule has 0 spiro atoms. The zero-order valence-corrected chi connectivity index (χ0v) is 12.2. The third-order valence-corrected chi connectivity index (χ3v) is 5.72. The summed E-state index contributed by atoms with van der Waals surface area (Å²) in [5, 5.41) is 12.7. The number of carboxylic acids is 1. The highest BCUT2D eigenvalue weighted by Gasteiger charge is 2.37. The molecule has 1 aliphatic heterocycles. The van der Waals surface area contributed by atoms with E-state index in [1.807, 2.05) is 11.8 Å². The van der Waals surface area contributed by atoms with Crippen LogP contribution < -0.4 is 5.32 Å². The van der Waals surface area contributed by atoms with E-state index in [0.717, 1.165) is 25.3 Å². The van der Waals surface area contributed by atoms with Crippen LogP contribution in [0, 0.1) is 5.92 Å². The van der Waals surface area contributed by atoms with Crippen molar-refractivity contribution in [3.8, 4) is 0 Å². The Bertz CT molecular complexity index is 323. The van der Waals surface area contributed by atoms with Crippen LogP contribution in [0.1, 0.15) is 32.1 Å². The van der Waals surface area contributed by atoms with Gasteiger partial charge in [0.1, 0.15) is 0 Å². The van der Waals surface area contributed by atoms with Gasteiger partial charge in [0.15, 0.2) is 0 Å². The molecule has 3 fully saturated rings. The number of rotatable bonds is 7. The van der Waals surface area contributed by atoms with Crippen molar-refractivity contribution in [3.05, 3.63) is 0 Å². The normalized spacial score (nSPS) is 34.5. The van der Waals surface area contributed by atoms with Crippen LogP contribution in [0.2, 0.25) is 0 Å². The van der Waals surface area contributed by atoms with Crippen LogP contribution in [0.5, 0.6) is 0 Å². The van der Waals surface area contributed by atoms with Gasteiger partial charge in [0.05, 0.1) is 6.54 Å². The second-order valence-corrected chi connectivity index (χ2v) is 7.47. The lowest BCUT2D eigenvalue weighted by atomic mass is 9.84. The fourth-order valence-electron chi connectivity index (χ4n) is 3.17. The summed E-state index contributed by atoms with van der Waals surface area (Å²) in [6.45, 7) is 1.23. The molecule has 0 bridgehead atoms. The average molecular weight is 284 g/mol. The zero-order chi connectivity index (χ0) is 13.2. The van der Waals surface area contributed by atoms with E-state index < -0.39 is 5.97 Å². The van der Waals surface area contributed by atoms with Crippen molar-refractivity contribution in [2.24, 2.45) is 5.92 Å². The number of nitrogens with zero attached hydrogens (tertiary/aromatic N) is 1. The van der Waals surface area contributed by atoms with Crippen LogP contribution in [0.4, 0.5) is 0 Å². The van der Waals surface area contributed by atoms with Gasteiger partial charge >= 0.3 is 5.97 Å². The average Bonchev–Trinajstić information content (AvgIpc) is 2.96. The van der Waals surface area contributed by atoms with Crippen molar-refractivity contribution in [2.75, 3.05) is 24.6 Å². The first-order chi connectivity index (χ1) is 9.20. The Hall–Kier alpha value is -0.260. The molecule has 108 valence electrons. The molecule has 3 rings (SSSR count). The minimum absolute atomic E-state index is 0.229. The highest BCUT2D eigenvalue weighted by atomic mass is 32.2. The Morgan fingerprint density at radius 2 is 2.05 bits per heavy atom. The van der Waals surface area contributed by atoms with E-state index in [0.29, 0.717) is 18.1 Å². The first-order valence-electron chi connectivity index (χ1n) is 7.50. The highest BCUT2D eigenvalue weighted by Crippen LogP contribution is 2.34. The molecule has 1 atom stereocenters. The number of hydrogen-bond donors (Lipinski definition) is 2. The van der Waals surface area contributed by atoms with E-state index in [-0.39, 0.29) is 6.54 Å². The summed E-state index contributed by atoms with van der Waals surface area (Å²) >= 11 is 2.04. The minimum atomic E-state index is -0.677. The summed E-state index contributed by atoms with van der Waals surface area (Å²) in [5.41, 5.74) is 0. The van der Waals surface area contributed by atoms with Gasteiger partial charge in [-0.25, -0.2) is 0 Å². The SMILES string of the molecule is O=C(O)CN(CC1CC1)C1CC(NC2CCSC2)C1. The lowest BCUT2D eigenvalue weighted by Gasteiger charge is -2.44. The molecule has 0 aromatic carbocycles. The van der Waals surface area contributed by atoms with Crippen LogP contribution in [-0.4, -0.2) is 58.7 Å². The Morgan fingerprint density at radius 1 is 1.26 bits per heavy atom. The third kappa shape index (κ3) is 3.86. The van der Waals surface area contributed by atoms with E-state index in [9.17, 15) is 4.79 Å². The largest absolute Gasteiger partial charge is 0.480 e. The first kappa shape index (κ1) is 13.7. The maximum absolute atomic E-state index is 11.0. The van der Waals surface area contributed by atoms with Crippen LogP contribution in [-0.2, 0) is 4.79 Å². The second kappa shape index (κ2) is 6.02. The molecule has 4 nitrogen and oxygen atoms in total. The van der Waals surface area contributed by atoms with Crippen molar-refractivity contribution >= 4 is 17.7 Å². The molecule has 2 aliphatic carbocycles. The molecule has 0 aromatic rings. The van der Waals surface area contributed by atoms with Crippen molar-refractivity contribution in [1.82, 2.24) is 10.2 Å². The first-order valence-corrected chi connectivity index (χ1v) is 8.66. The molecule has 2 N–H and O–H groups in total. The van der Waals surface area contributed by atoms with Crippen molar-refractivity contribution in [1.29, 1.82) is 0 Å². The molecule has 1 saturated heterocycles. The van der Waals surface area contributed by atoms with Crippen LogP contribution in [0.15, 0.2) is 0 Å². The van der Waals surface area contributed by atoms with Crippen molar-refractivity contribution in [3.63, 3.8) is 0 Å². The number of carbonyl (C=O) groups is 1. The van der Waals surface area contributed by atoms with Gasteiger partial charge in [-0.15, -0.1) is 0 Å². The lowest BCUT2D eigenvalue weighted by Crippen LogP contribution is -2.56. The predicted molar refractivity (Wildman–Crippen MR) is 77.6 cm³/mol. The van der Waals surface area contributed by atoms with Gasteiger partial charge in [0, 0.05) is 30.4 Å². The summed E-state index contributed by atoms with van der Waals surface area (Å²) < 4.78 is 0. The number of carboxylic acid groups (broad SMARTS) is 1. The summed E-state index contributed by atoms with van der Waals surface area (Å²) in [5.74, 6) is 2.64. The molecule has 1 unspecified atom stereocenters. The second-order valence-electron chi connectivity index (χ2n) is 6.32. The predicted octanol–water partition coefficient (Wildman–Crippen LogP) is 1.41. The zero-order valence-electron chi connectivity index (χ0n) is 11.4. The lowest BCUT2D eigenvalue weighted by molar-refractivity contribution is -0.139. The van der Waals surface area contributed by atoms with Gasteiger partial charge in [-0.1, -0.05) is 0 Å². The molecule has 0 radical (unpaired) electrons. The molecular weight excluding hydrogens is 260 g/mol. The molecule has 3 aliphatic rings. The van der Waals surface area contributed by atoms with Crippen molar-refractivity contribution < 1.29 is 9.90 Å². The summed E-state index contributed by atoms with van der Waals surface area (Å²) in [4.78, 5) is 13.2. The highest BCUT2D eigenvalue weighted by molar-refractivity contribution is 7.99. The van der Waals surface area contributed by atoms with E-state index in [1.54, 1.807) is 0 Å². The molecule has 19 heavy (non-hydrogen) atoms. The number of aliphatic carboxylic acids is 1. The molecule has 5 heteroatoms. The Kier molecular flexibility index (Phi) is 4.34. The Morgan fingerprint density at radius 3 is 2.63 bits per heavy atom. The number of thioether (sulfide) groups is 1. The number of hydrogen-bond acceptors (Lipinski definition) is 4. The van der Waals surface area contributed by atoms with Crippen LogP contribution in [0.3, 0.4) is 0 Å². The summed E-state index contributed by atoms with van der Waals surface area (Å²) in [6, 6.07) is 1.83. The molecule has 0 aromatic heterocycles. The van der Waals surface area contributed by atoms with E-state index in [1.165, 1.54) is 30.8 Å². The van der Waals surface area contributed by atoms with E-state index >= 15 is 0 Å². The topological polar surface area (TPSA) is 52.6 Å². The fourth-order valence-corrected chi connectivity index (χ4v) is 4.34. The summed E-state index contributed by atoms with van der Waals surface area (Å²) in [7, 11) is 0. The minimum Gasteiger partial charge on any atom is -0.480 e. The van der Waals surface area contributed by atoms with E-state index in [2.05, 4.69) is 10.2 Å². The van der Waals surface area contributed by atoms with Gasteiger partial charge in [0.2, 0.25) is 0 Å². The van der Waals surface area contributed by atoms with E-state index in [4.69, 9.17) is 5.11 Å². The third-order valence-electron chi connectivity index (χ3n) is 4.56. The Balaban J connectivity index is 1.41. The smallest absolute Gasteiger partial charge is 0.317 e. The fraction of sp³-hybridized carbons (Fsp3) is 0.929. The van der Waals surface area contributed by atoms with Gasteiger partial charge in [-0.2, -0.15) is 11.8 Å². The van der Waals surface area contributed by atoms with Gasteiger partial charge in [-0.05, 0) is 43.8 Å². The van der Waals surface area contributed by atoms with Crippen molar-refractivity contribution in [2.45, 2.75) is 50.2 Å². The Labute approximate surface area is 119 Å².